The molecular weight excluding hydrogens is 444 g/mol. The molecule has 0 radical (unpaired) electrons. The summed E-state index contributed by atoms with van der Waals surface area (Å²) >= 11 is 0. The smallest absolute Gasteiger partial charge is 0.356 e. The summed E-state index contributed by atoms with van der Waals surface area (Å²) in [5.74, 6) is -0.293. The standard InChI is InChI=1S/C27H34N4O4/c1-17(2)13-18(3)29-20-14-22-23(30-26(32)19-9-6-5-7-10-19)24(27(33)34-4)31(25(22)28-15-20)16-21-11-8-12-35-21/h5-7,9-10,14-15,17-18,21,29H,8,11-13,16H2,1-4H3,(H,30,32)/t18-,21+/m0/s1. The molecular formula is C27H34N4O4. The molecule has 0 bridgehead atoms. The minimum atomic E-state index is -0.535. The second-order valence-electron chi connectivity index (χ2n) is 9.55. The first-order valence-electron chi connectivity index (χ1n) is 12.2. The molecule has 35 heavy (non-hydrogen) atoms. The van der Waals surface area contributed by atoms with E-state index in [1.165, 1.54) is 7.11 Å². The van der Waals surface area contributed by atoms with Crippen LogP contribution in [-0.4, -0.2) is 47.3 Å². The van der Waals surface area contributed by atoms with Crippen molar-refractivity contribution in [1.29, 1.82) is 0 Å². The minimum Gasteiger partial charge on any atom is -0.464 e. The highest BCUT2D eigenvalue weighted by Gasteiger charge is 2.29. The van der Waals surface area contributed by atoms with Crippen LogP contribution in [0.2, 0.25) is 0 Å². The average Bonchev–Trinajstić information content (AvgIpc) is 3.45. The monoisotopic (exact) mass is 478 g/mol. The number of anilines is 2. The molecule has 0 unspecified atom stereocenters. The molecule has 8 nitrogen and oxygen atoms in total. The topological polar surface area (TPSA) is 94.5 Å². The van der Waals surface area contributed by atoms with Crippen LogP contribution in [0.25, 0.3) is 11.0 Å². The fraction of sp³-hybridized carbons (Fsp3) is 0.444. The van der Waals surface area contributed by atoms with Gasteiger partial charge in [0.05, 0.1) is 37.3 Å². The molecule has 3 aromatic rings. The van der Waals surface area contributed by atoms with Crippen molar-refractivity contribution < 1.29 is 19.1 Å². The number of hydrogen-bond donors (Lipinski definition) is 2. The number of rotatable bonds is 9. The van der Waals surface area contributed by atoms with E-state index in [0.29, 0.717) is 41.4 Å². The van der Waals surface area contributed by atoms with Crippen LogP contribution < -0.4 is 10.6 Å². The molecule has 1 aliphatic heterocycles. The summed E-state index contributed by atoms with van der Waals surface area (Å²) in [5.41, 5.74) is 2.59. The van der Waals surface area contributed by atoms with Gasteiger partial charge in [-0.15, -0.1) is 0 Å². The van der Waals surface area contributed by atoms with Gasteiger partial charge in [-0.2, -0.15) is 0 Å². The van der Waals surface area contributed by atoms with E-state index in [1.807, 2.05) is 16.7 Å². The van der Waals surface area contributed by atoms with E-state index in [4.69, 9.17) is 14.5 Å². The molecule has 1 fully saturated rings. The molecule has 0 aliphatic carbocycles. The maximum atomic E-state index is 13.1. The van der Waals surface area contributed by atoms with Crippen LogP contribution in [0.5, 0.6) is 0 Å². The van der Waals surface area contributed by atoms with Gasteiger partial charge in [0.25, 0.3) is 5.91 Å². The lowest BCUT2D eigenvalue weighted by Gasteiger charge is -2.17. The number of carbonyl (C=O) groups is 2. The van der Waals surface area contributed by atoms with E-state index in [1.54, 1.807) is 30.5 Å². The van der Waals surface area contributed by atoms with Gasteiger partial charge in [0.15, 0.2) is 5.69 Å². The molecule has 4 rings (SSSR count). The third-order valence-corrected chi connectivity index (χ3v) is 6.20. The third-order valence-electron chi connectivity index (χ3n) is 6.20. The summed E-state index contributed by atoms with van der Waals surface area (Å²) in [5, 5.41) is 7.15. The van der Waals surface area contributed by atoms with Crippen LogP contribution in [0, 0.1) is 5.92 Å². The van der Waals surface area contributed by atoms with Crippen molar-refractivity contribution in [3.8, 4) is 0 Å². The minimum absolute atomic E-state index is 0.0302. The fourth-order valence-electron chi connectivity index (χ4n) is 4.73. The Labute approximate surface area is 206 Å². The van der Waals surface area contributed by atoms with Gasteiger partial charge < -0.3 is 24.7 Å². The number of ether oxygens (including phenoxy) is 2. The molecule has 1 amide bonds. The summed E-state index contributed by atoms with van der Waals surface area (Å²) in [7, 11) is 1.34. The zero-order valence-corrected chi connectivity index (χ0v) is 20.8. The van der Waals surface area contributed by atoms with E-state index in [2.05, 4.69) is 31.4 Å². The number of esters is 1. The Hall–Kier alpha value is -3.39. The maximum Gasteiger partial charge on any atom is 0.356 e. The normalized spacial score (nSPS) is 16.4. The van der Waals surface area contributed by atoms with Gasteiger partial charge in [0.1, 0.15) is 5.65 Å². The summed E-state index contributed by atoms with van der Waals surface area (Å²) in [6.07, 6.45) is 4.62. The third kappa shape index (κ3) is 5.65. The predicted molar refractivity (Wildman–Crippen MR) is 137 cm³/mol. The number of fused-ring (bicyclic) bond motifs is 1. The predicted octanol–water partition coefficient (Wildman–Crippen LogP) is 5.10. The summed E-state index contributed by atoms with van der Waals surface area (Å²) in [4.78, 5) is 30.9. The number of nitrogens with zero attached hydrogens (tertiary/aromatic N) is 2. The molecule has 3 heterocycles. The van der Waals surface area contributed by atoms with Crippen molar-refractivity contribution >= 4 is 34.3 Å². The van der Waals surface area contributed by atoms with Gasteiger partial charge in [-0.3, -0.25) is 4.79 Å². The van der Waals surface area contributed by atoms with E-state index in [-0.39, 0.29) is 23.7 Å². The van der Waals surface area contributed by atoms with Crippen molar-refractivity contribution in [3.63, 3.8) is 0 Å². The van der Waals surface area contributed by atoms with Gasteiger partial charge in [-0.05, 0) is 50.3 Å². The fourth-order valence-corrected chi connectivity index (χ4v) is 4.73. The van der Waals surface area contributed by atoms with Gasteiger partial charge in [0.2, 0.25) is 0 Å². The molecule has 1 saturated heterocycles. The number of aromatic nitrogens is 2. The Morgan fingerprint density at radius 2 is 2.00 bits per heavy atom. The van der Waals surface area contributed by atoms with Crippen LogP contribution in [0.1, 0.15) is 60.9 Å². The van der Waals surface area contributed by atoms with Crippen molar-refractivity contribution in [2.45, 2.75) is 58.7 Å². The van der Waals surface area contributed by atoms with E-state index < -0.39 is 5.97 Å². The Morgan fingerprint density at radius 3 is 2.66 bits per heavy atom. The molecule has 0 saturated carbocycles. The second-order valence-corrected chi connectivity index (χ2v) is 9.55. The molecule has 2 N–H and O–H groups in total. The summed E-state index contributed by atoms with van der Waals surface area (Å²) in [6.45, 7) is 7.65. The van der Waals surface area contributed by atoms with Crippen LogP contribution >= 0.6 is 0 Å². The van der Waals surface area contributed by atoms with E-state index in [9.17, 15) is 9.59 Å². The highest BCUT2D eigenvalue weighted by atomic mass is 16.5. The van der Waals surface area contributed by atoms with Crippen LogP contribution in [-0.2, 0) is 16.0 Å². The quantitative estimate of drug-likeness (QED) is 0.416. The Kier molecular flexibility index (Phi) is 7.70. The number of amides is 1. The Balaban J connectivity index is 1.81. The number of benzene rings is 1. The first-order chi connectivity index (χ1) is 16.9. The molecule has 2 aromatic heterocycles. The lowest BCUT2D eigenvalue weighted by atomic mass is 10.1. The summed E-state index contributed by atoms with van der Waals surface area (Å²) < 4.78 is 12.8. The van der Waals surface area contributed by atoms with Crippen LogP contribution in [0.15, 0.2) is 42.6 Å². The lowest BCUT2D eigenvalue weighted by molar-refractivity contribution is 0.0580. The number of methoxy groups -OCH3 is 1. The Bertz CT molecular complexity index is 1180. The van der Waals surface area contributed by atoms with Gasteiger partial charge >= 0.3 is 5.97 Å². The van der Waals surface area contributed by atoms with Crippen molar-refractivity contribution in [2.24, 2.45) is 5.92 Å². The molecule has 8 heteroatoms. The van der Waals surface area contributed by atoms with E-state index >= 15 is 0 Å². The number of hydrogen-bond acceptors (Lipinski definition) is 6. The lowest BCUT2D eigenvalue weighted by Crippen LogP contribution is -2.21. The highest BCUT2D eigenvalue weighted by molar-refractivity contribution is 6.14. The molecule has 1 aliphatic rings. The van der Waals surface area contributed by atoms with Gasteiger partial charge in [-0.25, -0.2) is 9.78 Å². The van der Waals surface area contributed by atoms with Crippen molar-refractivity contribution in [2.75, 3.05) is 24.4 Å². The Morgan fingerprint density at radius 1 is 1.23 bits per heavy atom. The number of carbonyl (C=O) groups excluding carboxylic acids is 2. The SMILES string of the molecule is COC(=O)c1c(NC(=O)c2ccccc2)c2cc(N[C@@H](C)CC(C)C)cnc2n1C[C@H]1CCCO1. The van der Waals surface area contributed by atoms with Crippen LogP contribution in [0.4, 0.5) is 11.4 Å². The number of nitrogens with one attached hydrogen (secondary N) is 2. The molecule has 2 atom stereocenters. The second kappa shape index (κ2) is 10.9. The summed E-state index contributed by atoms with van der Waals surface area (Å²) in [6, 6.07) is 11.1. The van der Waals surface area contributed by atoms with Gasteiger partial charge in [0, 0.05) is 23.6 Å². The first kappa shape index (κ1) is 24.7. The highest BCUT2D eigenvalue weighted by Crippen LogP contribution is 2.34. The molecule has 1 aromatic carbocycles. The van der Waals surface area contributed by atoms with Crippen LogP contribution in [0.3, 0.4) is 0 Å². The largest absolute Gasteiger partial charge is 0.464 e. The van der Waals surface area contributed by atoms with Crippen molar-refractivity contribution in [1.82, 2.24) is 9.55 Å². The maximum absolute atomic E-state index is 13.1. The van der Waals surface area contributed by atoms with E-state index in [0.717, 1.165) is 24.9 Å². The zero-order valence-electron chi connectivity index (χ0n) is 20.8. The average molecular weight is 479 g/mol. The number of pyridine rings is 1. The van der Waals surface area contributed by atoms with Gasteiger partial charge in [-0.1, -0.05) is 32.0 Å². The van der Waals surface area contributed by atoms with Crippen molar-refractivity contribution in [3.05, 3.63) is 53.9 Å². The molecule has 0 spiro atoms. The first-order valence-corrected chi connectivity index (χ1v) is 12.2. The molecule has 186 valence electrons. The zero-order chi connectivity index (χ0) is 24.9.